The first kappa shape index (κ1) is 14.3. The lowest BCUT2D eigenvalue weighted by Gasteiger charge is -2.09. The quantitative estimate of drug-likeness (QED) is 0.785. The van der Waals surface area contributed by atoms with E-state index in [1.807, 2.05) is 0 Å². The molecule has 0 amide bonds. The predicted octanol–water partition coefficient (Wildman–Crippen LogP) is 4.81. The topological polar surface area (TPSA) is 32.3 Å². The molecule has 19 heavy (non-hydrogen) atoms. The number of phenolic OH excluding ortho intramolecular Hbond substituents is 1. The lowest BCUT2D eigenvalue weighted by Crippen LogP contribution is -2.02. The molecule has 0 bridgehead atoms. The van der Waals surface area contributed by atoms with E-state index in [1.165, 1.54) is 0 Å². The Morgan fingerprint density at radius 2 is 1.68 bits per heavy atom. The van der Waals surface area contributed by atoms with Crippen LogP contribution in [0.2, 0.25) is 0 Å². The maximum atomic E-state index is 13.4. The molecule has 0 aliphatic carbocycles. The van der Waals surface area contributed by atoms with Gasteiger partial charge in [0, 0.05) is 6.54 Å². The number of benzene rings is 2. The van der Waals surface area contributed by atoms with Crippen molar-refractivity contribution in [1.29, 1.82) is 0 Å². The summed E-state index contributed by atoms with van der Waals surface area (Å²) in [5.74, 6) is -0.920. The summed E-state index contributed by atoms with van der Waals surface area (Å²) in [6.45, 7) is 0.303. The summed E-state index contributed by atoms with van der Waals surface area (Å²) < 4.78 is 27.5. The minimum atomic E-state index is -0.515. The predicted molar refractivity (Wildman–Crippen MR) is 77.2 cm³/mol. The molecule has 0 saturated heterocycles. The van der Waals surface area contributed by atoms with Crippen molar-refractivity contribution >= 4 is 37.5 Å². The molecule has 0 aliphatic heterocycles. The standard InChI is InChI=1S/C13H9Br2F2NO/c14-9-3-7(4-10(15)13(9)19)6-18-12-5-8(16)1-2-11(12)17/h1-5,18-19H,6H2. The van der Waals surface area contributed by atoms with Crippen molar-refractivity contribution < 1.29 is 13.9 Å². The number of phenols is 1. The molecule has 0 atom stereocenters. The lowest BCUT2D eigenvalue weighted by molar-refractivity contribution is 0.468. The first-order valence-corrected chi connectivity index (χ1v) is 6.92. The smallest absolute Gasteiger partial charge is 0.146 e. The molecule has 0 spiro atoms. The summed E-state index contributed by atoms with van der Waals surface area (Å²) >= 11 is 6.41. The molecule has 2 aromatic carbocycles. The Morgan fingerprint density at radius 1 is 1.05 bits per heavy atom. The first-order valence-electron chi connectivity index (χ1n) is 5.33. The monoisotopic (exact) mass is 391 g/mol. The molecule has 0 unspecified atom stereocenters. The van der Waals surface area contributed by atoms with Gasteiger partial charge >= 0.3 is 0 Å². The van der Waals surface area contributed by atoms with Crippen molar-refractivity contribution in [3.63, 3.8) is 0 Å². The Bertz CT molecular complexity index is 597. The highest BCUT2D eigenvalue weighted by Gasteiger charge is 2.07. The van der Waals surface area contributed by atoms with Crippen LogP contribution in [-0.4, -0.2) is 5.11 Å². The van der Waals surface area contributed by atoms with Crippen molar-refractivity contribution in [2.24, 2.45) is 0 Å². The van der Waals surface area contributed by atoms with Gasteiger partial charge in [0.15, 0.2) is 0 Å². The SMILES string of the molecule is Oc1c(Br)cc(CNc2cc(F)ccc2F)cc1Br. The Balaban J connectivity index is 2.17. The van der Waals surface area contributed by atoms with Crippen LogP contribution >= 0.6 is 31.9 Å². The summed E-state index contributed by atoms with van der Waals surface area (Å²) in [5.41, 5.74) is 0.903. The van der Waals surface area contributed by atoms with Crippen LogP contribution in [0.15, 0.2) is 39.3 Å². The van der Waals surface area contributed by atoms with Gasteiger partial charge in [0.2, 0.25) is 0 Å². The fourth-order valence-electron chi connectivity index (χ4n) is 1.55. The van der Waals surface area contributed by atoms with Crippen molar-refractivity contribution in [1.82, 2.24) is 0 Å². The second-order valence-corrected chi connectivity index (χ2v) is 5.59. The fraction of sp³-hybridized carbons (Fsp3) is 0.0769. The molecule has 2 rings (SSSR count). The Morgan fingerprint density at radius 3 is 2.32 bits per heavy atom. The molecule has 2 N–H and O–H groups in total. The molecule has 0 heterocycles. The molecule has 6 heteroatoms. The van der Waals surface area contributed by atoms with Gasteiger partial charge in [0.1, 0.15) is 17.4 Å². The highest BCUT2D eigenvalue weighted by Crippen LogP contribution is 2.33. The Labute approximate surface area is 125 Å². The van der Waals surface area contributed by atoms with E-state index in [-0.39, 0.29) is 11.4 Å². The van der Waals surface area contributed by atoms with Gasteiger partial charge in [0.25, 0.3) is 0 Å². The third-order valence-electron chi connectivity index (χ3n) is 2.49. The fourth-order valence-corrected chi connectivity index (χ4v) is 2.83. The summed E-state index contributed by atoms with van der Waals surface area (Å²) in [6.07, 6.45) is 0. The molecular formula is C13H9Br2F2NO. The second-order valence-electron chi connectivity index (χ2n) is 3.89. The van der Waals surface area contributed by atoms with Crippen LogP contribution in [0.4, 0.5) is 14.5 Å². The highest BCUT2D eigenvalue weighted by atomic mass is 79.9. The van der Waals surface area contributed by atoms with E-state index in [1.54, 1.807) is 12.1 Å². The minimum Gasteiger partial charge on any atom is -0.506 e. The number of hydrogen-bond donors (Lipinski definition) is 2. The highest BCUT2D eigenvalue weighted by molar-refractivity contribution is 9.11. The molecule has 2 nitrogen and oxygen atoms in total. The van der Waals surface area contributed by atoms with Crippen molar-refractivity contribution in [3.05, 3.63) is 56.5 Å². The Kier molecular flexibility index (Phi) is 4.42. The Hall–Kier alpha value is -1.14. The van der Waals surface area contributed by atoms with E-state index in [0.29, 0.717) is 15.5 Å². The van der Waals surface area contributed by atoms with Crippen LogP contribution in [0.5, 0.6) is 5.75 Å². The van der Waals surface area contributed by atoms with Crippen LogP contribution in [0.1, 0.15) is 5.56 Å². The normalized spacial score (nSPS) is 10.5. The molecular weight excluding hydrogens is 384 g/mol. The van der Waals surface area contributed by atoms with Gasteiger partial charge in [-0.15, -0.1) is 0 Å². The van der Waals surface area contributed by atoms with Gasteiger partial charge in [-0.05, 0) is 67.8 Å². The lowest BCUT2D eigenvalue weighted by atomic mass is 10.2. The van der Waals surface area contributed by atoms with Crippen molar-refractivity contribution in [2.75, 3.05) is 5.32 Å². The molecule has 100 valence electrons. The zero-order valence-electron chi connectivity index (χ0n) is 9.55. The van der Waals surface area contributed by atoms with Crippen LogP contribution in [0, 0.1) is 11.6 Å². The van der Waals surface area contributed by atoms with Crippen molar-refractivity contribution in [2.45, 2.75) is 6.54 Å². The van der Waals surface area contributed by atoms with Gasteiger partial charge in [0.05, 0.1) is 14.6 Å². The maximum Gasteiger partial charge on any atom is 0.146 e. The van der Waals surface area contributed by atoms with Crippen LogP contribution < -0.4 is 5.32 Å². The zero-order chi connectivity index (χ0) is 14.0. The minimum absolute atomic E-state index is 0.0975. The third-order valence-corrected chi connectivity index (χ3v) is 3.70. The van der Waals surface area contributed by atoms with Crippen LogP contribution in [-0.2, 0) is 6.54 Å². The first-order chi connectivity index (χ1) is 8.97. The number of halogens is 4. The average molecular weight is 393 g/mol. The third kappa shape index (κ3) is 3.45. The summed E-state index contributed by atoms with van der Waals surface area (Å²) in [6, 6.07) is 6.63. The van der Waals surface area contributed by atoms with Gasteiger partial charge in [-0.2, -0.15) is 0 Å². The molecule has 0 aliphatic rings. The molecule has 0 fully saturated rings. The molecule has 0 saturated carbocycles. The number of hydrogen-bond acceptors (Lipinski definition) is 2. The van der Waals surface area contributed by atoms with E-state index in [9.17, 15) is 13.9 Å². The van der Waals surface area contributed by atoms with Crippen LogP contribution in [0.3, 0.4) is 0 Å². The van der Waals surface area contributed by atoms with Gasteiger partial charge in [-0.1, -0.05) is 0 Å². The summed E-state index contributed by atoms with van der Waals surface area (Å²) in [4.78, 5) is 0. The van der Waals surface area contributed by atoms with E-state index >= 15 is 0 Å². The van der Waals surface area contributed by atoms with E-state index < -0.39 is 11.6 Å². The number of aromatic hydroxyl groups is 1. The molecule has 0 radical (unpaired) electrons. The number of anilines is 1. The summed E-state index contributed by atoms with van der Waals surface area (Å²) in [5, 5.41) is 12.4. The van der Waals surface area contributed by atoms with E-state index in [4.69, 9.17) is 0 Å². The van der Waals surface area contributed by atoms with Gasteiger partial charge in [-0.25, -0.2) is 8.78 Å². The largest absolute Gasteiger partial charge is 0.506 e. The molecule has 2 aromatic rings. The van der Waals surface area contributed by atoms with Gasteiger partial charge < -0.3 is 10.4 Å². The van der Waals surface area contributed by atoms with Gasteiger partial charge in [-0.3, -0.25) is 0 Å². The molecule has 0 aromatic heterocycles. The van der Waals surface area contributed by atoms with Crippen molar-refractivity contribution in [3.8, 4) is 5.75 Å². The second kappa shape index (κ2) is 5.88. The number of rotatable bonds is 3. The maximum absolute atomic E-state index is 13.4. The summed E-state index contributed by atoms with van der Waals surface area (Å²) in [7, 11) is 0. The zero-order valence-corrected chi connectivity index (χ0v) is 12.7. The average Bonchev–Trinajstić information content (AvgIpc) is 2.37. The number of nitrogens with one attached hydrogen (secondary N) is 1. The van der Waals surface area contributed by atoms with Crippen LogP contribution in [0.25, 0.3) is 0 Å². The van der Waals surface area contributed by atoms with E-state index in [2.05, 4.69) is 37.2 Å². The van der Waals surface area contributed by atoms with E-state index in [0.717, 1.165) is 23.8 Å².